The average molecular weight is 397 g/mol. The molecule has 0 unspecified atom stereocenters. The second-order valence-corrected chi connectivity index (χ2v) is 7.98. The Morgan fingerprint density at radius 2 is 1.76 bits per heavy atom. The summed E-state index contributed by atoms with van der Waals surface area (Å²) in [5.41, 5.74) is 1.51. The van der Waals surface area contributed by atoms with Crippen LogP contribution >= 0.6 is 0 Å². The Morgan fingerprint density at radius 3 is 2.48 bits per heavy atom. The maximum Gasteiger partial charge on any atom is 0.308 e. The number of aromatic amines is 1. The van der Waals surface area contributed by atoms with Crippen LogP contribution in [0.1, 0.15) is 36.2 Å². The quantitative estimate of drug-likeness (QED) is 0.807. The number of benzene rings is 1. The van der Waals surface area contributed by atoms with Crippen LogP contribution in [-0.2, 0) is 14.3 Å². The Hall–Kier alpha value is -2.83. The Balaban J connectivity index is 1.38. The first-order valence-electron chi connectivity index (χ1n) is 10.3. The van der Waals surface area contributed by atoms with Crippen molar-refractivity contribution < 1.29 is 19.1 Å². The monoisotopic (exact) mass is 397 g/mol. The number of methoxy groups -OCH3 is 1. The number of carbonyl (C=O) groups excluding carboxylic acids is 3. The lowest BCUT2D eigenvalue weighted by atomic mass is 9.92. The van der Waals surface area contributed by atoms with Gasteiger partial charge in [-0.25, -0.2) is 0 Å². The molecule has 2 aliphatic rings. The number of likely N-dealkylation sites (tertiary alicyclic amines) is 2. The fraction of sp³-hybridized carbons (Fsp3) is 0.500. The van der Waals surface area contributed by atoms with E-state index in [1.54, 1.807) is 4.90 Å². The Morgan fingerprint density at radius 1 is 1.00 bits per heavy atom. The predicted molar refractivity (Wildman–Crippen MR) is 108 cm³/mol. The van der Waals surface area contributed by atoms with Crippen LogP contribution in [0.2, 0.25) is 0 Å². The van der Waals surface area contributed by atoms with Crippen LogP contribution in [0.25, 0.3) is 10.9 Å². The first-order chi connectivity index (χ1) is 14.1. The number of para-hydroxylation sites is 1. The molecule has 1 aromatic heterocycles. The number of fused-ring (bicyclic) bond motifs is 1. The van der Waals surface area contributed by atoms with Crippen LogP contribution in [0, 0.1) is 11.8 Å². The molecule has 2 fully saturated rings. The SMILES string of the molecule is COC(=O)C1CCN(C(=O)[C@H]2CCCN(C(=O)c3cc4ccccc4[nH]3)C2)CC1. The van der Waals surface area contributed by atoms with E-state index in [1.807, 2.05) is 35.2 Å². The van der Waals surface area contributed by atoms with Crippen molar-refractivity contribution >= 4 is 28.7 Å². The third-order valence-electron chi connectivity index (χ3n) is 6.16. The topological polar surface area (TPSA) is 82.7 Å². The number of amides is 2. The smallest absolute Gasteiger partial charge is 0.308 e. The zero-order valence-electron chi connectivity index (χ0n) is 16.7. The molecule has 0 bridgehead atoms. The standard InChI is InChI=1S/C22H27N3O4/c1-29-22(28)15-8-11-24(12-9-15)20(26)17-6-4-10-25(14-17)21(27)19-13-16-5-2-3-7-18(16)23-19/h2-3,5,7,13,15,17,23H,4,6,8-12,14H2,1H3/t17-/m0/s1. The van der Waals surface area contributed by atoms with Crippen LogP contribution in [0.4, 0.5) is 0 Å². The van der Waals surface area contributed by atoms with E-state index in [9.17, 15) is 14.4 Å². The van der Waals surface area contributed by atoms with E-state index in [0.717, 1.165) is 23.7 Å². The number of piperidine rings is 2. The molecule has 1 N–H and O–H groups in total. The second-order valence-electron chi connectivity index (χ2n) is 7.98. The summed E-state index contributed by atoms with van der Waals surface area (Å²) in [5.74, 6) is -0.433. The summed E-state index contributed by atoms with van der Waals surface area (Å²) in [5, 5.41) is 1.01. The summed E-state index contributed by atoms with van der Waals surface area (Å²) in [6.07, 6.45) is 2.90. The molecule has 2 amide bonds. The number of rotatable bonds is 3. The Bertz CT molecular complexity index is 881. The van der Waals surface area contributed by atoms with Crippen molar-refractivity contribution in [1.82, 2.24) is 14.8 Å². The molecule has 154 valence electrons. The largest absolute Gasteiger partial charge is 0.469 e. The number of aromatic nitrogens is 1. The van der Waals surface area contributed by atoms with Gasteiger partial charge < -0.3 is 19.5 Å². The molecule has 29 heavy (non-hydrogen) atoms. The summed E-state index contributed by atoms with van der Waals surface area (Å²) in [6, 6.07) is 9.69. The summed E-state index contributed by atoms with van der Waals surface area (Å²) in [7, 11) is 1.40. The highest BCUT2D eigenvalue weighted by molar-refractivity contribution is 5.98. The number of hydrogen-bond donors (Lipinski definition) is 1. The number of nitrogens with one attached hydrogen (secondary N) is 1. The van der Waals surface area contributed by atoms with E-state index in [-0.39, 0.29) is 29.6 Å². The molecule has 0 spiro atoms. The van der Waals surface area contributed by atoms with Gasteiger partial charge in [-0.1, -0.05) is 18.2 Å². The third-order valence-corrected chi connectivity index (χ3v) is 6.16. The van der Waals surface area contributed by atoms with E-state index in [0.29, 0.717) is 44.7 Å². The molecule has 1 atom stereocenters. The van der Waals surface area contributed by atoms with E-state index in [1.165, 1.54) is 7.11 Å². The molecular weight excluding hydrogens is 370 g/mol. The minimum Gasteiger partial charge on any atom is -0.469 e. The van der Waals surface area contributed by atoms with Crippen molar-refractivity contribution in [1.29, 1.82) is 0 Å². The van der Waals surface area contributed by atoms with Crippen LogP contribution in [0.3, 0.4) is 0 Å². The first kappa shape index (κ1) is 19.5. The molecule has 2 aromatic rings. The fourth-order valence-electron chi connectivity index (χ4n) is 4.48. The highest BCUT2D eigenvalue weighted by atomic mass is 16.5. The van der Waals surface area contributed by atoms with Crippen LogP contribution in [0.5, 0.6) is 0 Å². The molecule has 3 heterocycles. The van der Waals surface area contributed by atoms with Gasteiger partial charge in [0.2, 0.25) is 5.91 Å². The Kier molecular flexibility index (Phi) is 5.56. The minimum absolute atomic E-state index is 0.0527. The van der Waals surface area contributed by atoms with E-state index in [4.69, 9.17) is 4.74 Å². The second kappa shape index (κ2) is 8.27. The summed E-state index contributed by atoms with van der Waals surface area (Å²) in [4.78, 5) is 44.5. The molecule has 4 rings (SSSR count). The lowest BCUT2D eigenvalue weighted by Gasteiger charge is -2.37. The molecule has 7 heteroatoms. The number of carbonyl (C=O) groups is 3. The number of nitrogens with zero attached hydrogens (tertiary/aromatic N) is 2. The van der Waals surface area contributed by atoms with Crippen molar-refractivity contribution in [3.05, 3.63) is 36.0 Å². The van der Waals surface area contributed by atoms with Gasteiger partial charge in [0.25, 0.3) is 5.91 Å². The molecule has 2 saturated heterocycles. The first-order valence-corrected chi connectivity index (χ1v) is 10.3. The summed E-state index contributed by atoms with van der Waals surface area (Å²) < 4.78 is 4.82. The van der Waals surface area contributed by atoms with Crippen molar-refractivity contribution in [2.45, 2.75) is 25.7 Å². The number of ether oxygens (including phenoxy) is 1. The van der Waals surface area contributed by atoms with Gasteiger partial charge in [0.15, 0.2) is 0 Å². The normalized spacial score (nSPS) is 20.7. The maximum atomic E-state index is 13.0. The minimum atomic E-state index is -0.190. The lowest BCUT2D eigenvalue weighted by molar-refractivity contribution is -0.150. The molecule has 0 radical (unpaired) electrons. The van der Waals surface area contributed by atoms with Crippen molar-refractivity contribution in [2.75, 3.05) is 33.3 Å². The molecular formula is C22H27N3O4. The molecule has 1 aromatic carbocycles. The lowest BCUT2D eigenvalue weighted by Crippen LogP contribution is -2.49. The maximum absolute atomic E-state index is 13.0. The van der Waals surface area contributed by atoms with Gasteiger partial charge in [0.05, 0.1) is 18.9 Å². The van der Waals surface area contributed by atoms with Gasteiger partial charge in [-0.3, -0.25) is 14.4 Å². The number of hydrogen-bond acceptors (Lipinski definition) is 4. The van der Waals surface area contributed by atoms with Gasteiger partial charge in [-0.05, 0) is 37.8 Å². The molecule has 7 nitrogen and oxygen atoms in total. The molecule has 0 saturated carbocycles. The Labute approximate surface area is 170 Å². The van der Waals surface area contributed by atoms with Crippen LogP contribution in [0.15, 0.2) is 30.3 Å². The van der Waals surface area contributed by atoms with Gasteiger partial charge in [0.1, 0.15) is 5.69 Å². The summed E-state index contributed by atoms with van der Waals surface area (Å²) >= 11 is 0. The van der Waals surface area contributed by atoms with Gasteiger partial charge in [-0.15, -0.1) is 0 Å². The number of H-pyrrole nitrogens is 1. The van der Waals surface area contributed by atoms with Crippen molar-refractivity contribution in [3.63, 3.8) is 0 Å². The number of esters is 1. The van der Waals surface area contributed by atoms with Crippen LogP contribution in [-0.4, -0.2) is 65.9 Å². The van der Waals surface area contributed by atoms with Crippen molar-refractivity contribution in [2.24, 2.45) is 11.8 Å². The molecule has 0 aliphatic carbocycles. The highest BCUT2D eigenvalue weighted by Crippen LogP contribution is 2.25. The van der Waals surface area contributed by atoms with Gasteiger partial charge in [-0.2, -0.15) is 0 Å². The van der Waals surface area contributed by atoms with Gasteiger partial charge in [0, 0.05) is 37.1 Å². The van der Waals surface area contributed by atoms with E-state index >= 15 is 0 Å². The van der Waals surface area contributed by atoms with E-state index in [2.05, 4.69) is 4.98 Å². The average Bonchev–Trinajstić information content (AvgIpc) is 3.22. The van der Waals surface area contributed by atoms with Crippen molar-refractivity contribution in [3.8, 4) is 0 Å². The van der Waals surface area contributed by atoms with Gasteiger partial charge >= 0.3 is 5.97 Å². The van der Waals surface area contributed by atoms with E-state index < -0.39 is 0 Å². The third kappa shape index (κ3) is 3.99. The molecule has 2 aliphatic heterocycles. The zero-order chi connectivity index (χ0) is 20.4. The summed E-state index contributed by atoms with van der Waals surface area (Å²) in [6.45, 7) is 2.27. The fourth-order valence-corrected chi connectivity index (χ4v) is 4.48. The predicted octanol–water partition coefficient (Wildman–Crippen LogP) is 2.43. The zero-order valence-corrected chi connectivity index (χ0v) is 16.7. The highest BCUT2D eigenvalue weighted by Gasteiger charge is 2.34. The van der Waals surface area contributed by atoms with Crippen LogP contribution < -0.4 is 0 Å².